The van der Waals surface area contributed by atoms with E-state index in [0.29, 0.717) is 35.8 Å². The van der Waals surface area contributed by atoms with E-state index in [-0.39, 0.29) is 29.6 Å². The second-order valence-corrected chi connectivity index (χ2v) is 11.7. The summed E-state index contributed by atoms with van der Waals surface area (Å²) in [7, 11) is 2.09. The van der Waals surface area contributed by atoms with E-state index in [1.807, 2.05) is 24.3 Å². The number of benzene rings is 3. The number of rotatable bonds is 5. The van der Waals surface area contributed by atoms with Crippen molar-refractivity contribution in [2.24, 2.45) is 0 Å². The highest BCUT2D eigenvalue weighted by atomic mass is 19.1. The molecule has 1 N–H and O–H groups in total. The SMILES string of the molecule is CN1CCC(c2ccc(Cc3ncc(F)c(-c4cc(F)c5c(c4)N(c4cccc6c4CCNC6)CCO5)n3)cc2F)CC1. The second-order valence-electron chi connectivity index (χ2n) is 11.7. The van der Waals surface area contributed by atoms with Gasteiger partial charge in [0.15, 0.2) is 17.4 Å². The van der Waals surface area contributed by atoms with Gasteiger partial charge in [-0.05, 0) is 98.4 Å². The smallest absolute Gasteiger partial charge is 0.178 e. The van der Waals surface area contributed by atoms with Gasteiger partial charge in [0, 0.05) is 24.2 Å². The summed E-state index contributed by atoms with van der Waals surface area (Å²) in [6.45, 7) is 4.44. The summed E-state index contributed by atoms with van der Waals surface area (Å²) < 4.78 is 51.6. The second kappa shape index (κ2) is 11.6. The maximum atomic E-state index is 15.5. The van der Waals surface area contributed by atoms with Crippen LogP contribution in [-0.2, 0) is 19.4 Å². The fourth-order valence-electron chi connectivity index (χ4n) is 6.64. The Morgan fingerprint density at radius 1 is 0.953 bits per heavy atom. The number of hydrogen-bond acceptors (Lipinski definition) is 6. The summed E-state index contributed by atoms with van der Waals surface area (Å²) in [5, 5.41) is 3.40. The molecule has 1 saturated heterocycles. The van der Waals surface area contributed by atoms with Crippen LogP contribution in [-0.4, -0.2) is 54.7 Å². The molecule has 0 amide bonds. The van der Waals surface area contributed by atoms with E-state index in [1.54, 1.807) is 6.07 Å². The summed E-state index contributed by atoms with van der Waals surface area (Å²) >= 11 is 0. The summed E-state index contributed by atoms with van der Waals surface area (Å²) in [5.41, 5.74) is 5.73. The molecule has 43 heavy (non-hydrogen) atoms. The van der Waals surface area contributed by atoms with Crippen LogP contribution in [0.2, 0.25) is 0 Å². The van der Waals surface area contributed by atoms with Crippen molar-refractivity contribution < 1.29 is 17.9 Å². The van der Waals surface area contributed by atoms with Crippen LogP contribution in [0.5, 0.6) is 5.75 Å². The predicted molar refractivity (Wildman–Crippen MR) is 160 cm³/mol. The van der Waals surface area contributed by atoms with Gasteiger partial charge < -0.3 is 19.9 Å². The molecule has 1 fully saturated rings. The van der Waals surface area contributed by atoms with Gasteiger partial charge in [-0.1, -0.05) is 24.3 Å². The first-order chi connectivity index (χ1) is 20.9. The van der Waals surface area contributed by atoms with Crippen LogP contribution in [0.4, 0.5) is 24.5 Å². The molecule has 0 spiro atoms. The van der Waals surface area contributed by atoms with E-state index in [9.17, 15) is 0 Å². The van der Waals surface area contributed by atoms with Crippen molar-refractivity contribution in [3.05, 3.63) is 100 Å². The summed E-state index contributed by atoms with van der Waals surface area (Å²) in [6, 6.07) is 14.4. The van der Waals surface area contributed by atoms with Crippen molar-refractivity contribution in [2.75, 3.05) is 44.7 Å². The van der Waals surface area contributed by atoms with Crippen molar-refractivity contribution in [1.29, 1.82) is 0 Å². The molecule has 4 aromatic rings. The molecule has 0 unspecified atom stereocenters. The van der Waals surface area contributed by atoms with E-state index in [0.717, 1.165) is 62.9 Å². The molecule has 3 aromatic carbocycles. The number of aromatic nitrogens is 2. The van der Waals surface area contributed by atoms with Crippen LogP contribution < -0.4 is 15.0 Å². The van der Waals surface area contributed by atoms with Crippen LogP contribution in [0, 0.1) is 17.5 Å². The largest absolute Gasteiger partial charge is 0.486 e. The van der Waals surface area contributed by atoms with Gasteiger partial charge in [-0.2, -0.15) is 0 Å². The van der Waals surface area contributed by atoms with Crippen LogP contribution >= 0.6 is 0 Å². The minimum atomic E-state index is -0.654. The van der Waals surface area contributed by atoms with Gasteiger partial charge in [0.05, 0.1) is 18.4 Å². The molecule has 0 bridgehead atoms. The molecular weight excluding hydrogens is 551 g/mol. The van der Waals surface area contributed by atoms with Gasteiger partial charge in [-0.15, -0.1) is 0 Å². The molecule has 0 saturated carbocycles. The Morgan fingerprint density at radius 3 is 2.65 bits per heavy atom. The number of halogens is 3. The Kier molecular flexibility index (Phi) is 7.53. The minimum absolute atomic E-state index is 0.0000634. The number of likely N-dealkylation sites (tertiary alicyclic amines) is 1. The topological polar surface area (TPSA) is 53.5 Å². The lowest BCUT2D eigenvalue weighted by Gasteiger charge is -2.34. The average molecular weight is 586 g/mol. The normalized spacial score (nSPS) is 17.3. The van der Waals surface area contributed by atoms with Gasteiger partial charge in [0.2, 0.25) is 0 Å². The molecule has 0 radical (unpaired) electrons. The van der Waals surface area contributed by atoms with Gasteiger partial charge >= 0.3 is 0 Å². The van der Waals surface area contributed by atoms with Gasteiger partial charge in [0.1, 0.15) is 23.9 Å². The Morgan fingerprint density at radius 2 is 1.81 bits per heavy atom. The van der Waals surface area contributed by atoms with E-state index < -0.39 is 11.6 Å². The Balaban J connectivity index is 1.19. The highest BCUT2D eigenvalue weighted by Crippen LogP contribution is 2.43. The molecular formula is C34H34F3N5O. The van der Waals surface area contributed by atoms with Crippen molar-refractivity contribution in [2.45, 2.75) is 38.1 Å². The molecule has 1 aromatic heterocycles. The first kappa shape index (κ1) is 27.9. The Hall–Kier alpha value is -3.95. The standard InChI is InChI=1S/C34H34F3N5O/c1-41-11-8-22(9-12-41)25-6-5-21(15-27(25)35)16-32-39-20-29(37)33(40-32)24-17-28(36)34-31(18-24)42(13-14-43-34)30-4-2-3-23-19-38-10-7-26(23)30/h2-6,15,17-18,20,22,38H,7-14,16,19H2,1H3. The monoisotopic (exact) mass is 585 g/mol. The molecule has 3 aliphatic rings. The summed E-state index contributed by atoms with van der Waals surface area (Å²) in [5.74, 6) is -0.771. The van der Waals surface area contributed by atoms with Crippen molar-refractivity contribution in [3.63, 3.8) is 0 Å². The Labute approximate surface area is 249 Å². The van der Waals surface area contributed by atoms with Crippen LogP contribution in [0.1, 0.15) is 46.8 Å². The molecule has 0 aliphatic carbocycles. The van der Waals surface area contributed by atoms with Crippen molar-refractivity contribution in [3.8, 4) is 17.0 Å². The fourth-order valence-corrected chi connectivity index (χ4v) is 6.64. The zero-order chi connectivity index (χ0) is 29.5. The van der Waals surface area contributed by atoms with E-state index >= 15 is 13.2 Å². The van der Waals surface area contributed by atoms with E-state index in [1.165, 1.54) is 23.3 Å². The zero-order valence-electron chi connectivity index (χ0n) is 24.2. The molecule has 4 heterocycles. The van der Waals surface area contributed by atoms with Gasteiger partial charge in [-0.3, -0.25) is 0 Å². The number of hydrogen-bond donors (Lipinski definition) is 1. The minimum Gasteiger partial charge on any atom is -0.486 e. The van der Waals surface area contributed by atoms with E-state index in [4.69, 9.17) is 4.74 Å². The highest BCUT2D eigenvalue weighted by Gasteiger charge is 2.28. The lowest BCUT2D eigenvalue weighted by molar-refractivity contribution is 0.253. The first-order valence-corrected chi connectivity index (χ1v) is 15.0. The lowest BCUT2D eigenvalue weighted by Crippen LogP contribution is -2.32. The molecule has 3 aliphatic heterocycles. The number of ether oxygens (including phenoxy) is 1. The van der Waals surface area contributed by atoms with Crippen molar-refractivity contribution in [1.82, 2.24) is 20.2 Å². The van der Waals surface area contributed by atoms with Gasteiger partial charge in [0.25, 0.3) is 0 Å². The Bertz CT molecular complexity index is 1670. The van der Waals surface area contributed by atoms with Crippen LogP contribution in [0.3, 0.4) is 0 Å². The fraction of sp³-hybridized carbons (Fsp3) is 0.353. The number of anilines is 2. The number of fused-ring (bicyclic) bond motifs is 2. The summed E-state index contributed by atoms with van der Waals surface area (Å²) in [4.78, 5) is 13.0. The highest BCUT2D eigenvalue weighted by molar-refractivity contribution is 5.78. The number of nitrogens with one attached hydrogen (secondary N) is 1. The van der Waals surface area contributed by atoms with Crippen LogP contribution in [0.15, 0.2) is 54.7 Å². The number of nitrogens with zero attached hydrogens (tertiary/aromatic N) is 4. The third-order valence-electron chi connectivity index (χ3n) is 8.94. The van der Waals surface area contributed by atoms with Gasteiger partial charge in [-0.25, -0.2) is 23.1 Å². The lowest BCUT2D eigenvalue weighted by atomic mass is 9.88. The number of piperidine rings is 1. The zero-order valence-corrected chi connectivity index (χ0v) is 24.2. The molecule has 6 nitrogen and oxygen atoms in total. The summed E-state index contributed by atoms with van der Waals surface area (Å²) in [6.07, 6.45) is 4.06. The first-order valence-electron chi connectivity index (χ1n) is 15.0. The maximum absolute atomic E-state index is 15.5. The third-order valence-corrected chi connectivity index (χ3v) is 8.94. The average Bonchev–Trinajstić information content (AvgIpc) is 3.02. The molecule has 7 rings (SSSR count). The predicted octanol–water partition coefficient (Wildman–Crippen LogP) is 6.14. The molecule has 222 valence electrons. The molecule has 9 heteroatoms. The van der Waals surface area contributed by atoms with Crippen LogP contribution in [0.25, 0.3) is 11.3 Å². The third kappa shape index (κ3) is 5.47. The maximum Gasteiger partial charge on any atom is 0.178 e. The molecule has 0 atom stereocenters. The van der Waals surface area contributed by atoms with Crippen molar-refractivity contribution >= 4 is 11.4 Å². The van der Waals surface area contributed by atoms with E-state index in [2.05, 4.69) is 38.2 Å². The quantitative estimate of drug-likeness (QED) is 0.304.